The summed E-state index contributed by atoms with van der Waals surface area (Å²) in [5.74, 6) is 0.656. The fourth-order valence-electron chi connectivity index (χ4n) is 9.06. The maximum Gasteiger partial charge on any atom is 0.235 e. The van der Waals surface area contributed by atoms with Crippen molar-refractivity contribution in [2.45, 2.75) is 0 Å². The smallest absolute Gasteiger partial charge is 0.235 e. The highest BCUT2D eigenvalue weighted by atomic mass is 15.2. The molecule has 3 aromatic heterocycles. The maximum atomic E-state index is 5.40. The van der Waals surface area contributed by atoms with Gasteiger partial charge >= 0.3 is 0 Å². The van der Waals surface area contributed by atoms with Gasteiger partial charge in [0, 0.05) is 38.2 Å². The monoisotopic (exact) mass is 738 g/mol. The van der Waals surface area contributed by atoms with E-state index in [2.05, 4.69) is 215 Å². The van der Waals surface area contributed by atoms with Gasteiger partial charge in [-0.3, -0.25) is 4.57 Å². The number of rotatable bonds is 5. The highest BCUT2D eigenvalue weighted by molar-refractivity contribution is 6.21. The van der Waals surface area contributed by atoms with Crippen LogP contribution in [0.15, 0.2) is 206 Å². The Morgan fingerprint density at radius 1 is 0.310 bits per heavy atom. The van der Waals surface area contributed by atoms with Gasteiger partial charge in [0.2, 0.25) is 5.95 Å². The second-order valence-corrected chi connectivity index (χ2v) is 15.0. The first-order valence-electron chi connectivity index (χ1n) is 19.7. The van der Waals surface area contributed by atoms with Gasteiger partial charge in [0.15, 0.2) is 0 Å². The molecule has 0 unspecified atom stereocenters. The molecular weight excluding hydrogens is 705 g/mol. The first-order valence-corrected chi connectivity index (χ1v) is 19.7. The lowest BCUT2D eigenvalue weighted by Gasteiger charge is -2.13. The van der Waals surface area contributed by atoms with E-state index in [4.69, 9.17) is 9.97 Å². The normalized spacial score (nSPS) is 11.8. The highest BCUT2D eigenvalue weighted by Crippen LogP contribution is 2.40. The fraction of sp³-hybridized carbons (Fsp3) is 0. The third-order valence-corrected chi connectivity index (χ3v) is 11.7. The zero-order valence-corrected chi connectivity index (χ0v) is 31.4. The van der Waals surface area contributed by atoms with Crippen molar-refractivity contribution in [2.24, 2.45) is 0 Å². The second kappa shape index (κ2) is 12.9. The molecule has 0 saturated carbocycles. The molecule has 0 bridgehead atoms. The Hall–Kier alpha value is -7.82. The standard InChI is InChI=1S/C54H34N4/c1-3-14-35(15-4-1)36-16-13-17-40(33-36)53-45-21-7-10-23-47(45)55-54(56-53)58-49-25-12-9-22-46(49)52-42-29-26-37(32-39(42)28-31-50(52)58)38-27-30-44-43-20-8-11-24-48(43)57(51(44)34-38)41-18-5-2-6-19-41/h1-34H. The van der Waals surface area contributed by atoms with E-state index < -0.39 is 0 Å². The number of para-hydroxylation sites is 4. The van der Waals surface area contributed by atoms with Crippen LogP contribution in [0.5, 0.6) is 0 Å². The van der Waals surface area contributed by atoms with Gasteiger partial charge in [0.1, 0.15) is 0 Å². The molecule has 0 saturated heterocycles. The van der Waals surface area contributed by atoms with Gasteiger partial charge in [0.05, 0.1) is 33.3 Å². The Morgan fingerprint density at radius 3 is 1.74 bits per heavy atom. The average molecular weight is 739 g/mol. The van der Waals surface area contributed by atoms with Gasteiger partial charge < -0.3 is 4.57 Å². The van der Waals surface area contributed by atoms with Crippen LogP contribution in [0.25, 0.3) is 110 Å². The quantitative estimate of drug-likeness (QED) is 0.176. The molecule has 3 heterocycles. The molecule has 12 aromatic rings. The van der Waals surface area contributed by atoms with E-state index in [1.807, 2.05) is 0 Å². The number of benzene rings is 9. The molecule has 0 spiro atoms. The Kier molecular flexibility index (Phi) is 7.20. The lowest BCUT2D eigenvalue weighted by molar-refractivity contribution is 1.01. The molecule has 0 N–H and O–H groups in total. The van der Waals surface area contributed by atoms with Crippen LogP contribution in [0.2, 0.25) is 0 Å². The molecule has 0 aliphatic carbocycles. The molecule has 0 amide bonds. The van der Waals surface area contributed by atoms with Gasteiger partial charge in [-0.25, -0.2) is 9.97 Å². The van der Waals surface area contributed by atoms with Crippen molar-refractivity contribution >= 4 is 65.3 Å². The number of hydrogen-bond acceptors (Lipinski definition) is 2. The van der Waals surface area contributed by atoms with Crippen molar-refractivity contribution in [3.63, 3.8) is 0 Å². The largest absolute Gasteiger partial charge is 0.309 e. The van der Waals surface area contributed by atoms with E-state index in [0.717, 1.165) is 44.4 Å². The molecule has 4 heteroatoms. The number of aromatic nitrogens is 4. The first-order chi connectivity index (χ1) is 28.8. The summed E-state index contributed by atoms with van der Waals surface area (Å²) in [5.41, 5.74) is 13.3. The van der Waals surface area contributed by atoms with Crippen LogP contribution in [0.4, 0.5) is 0 Å². The summed E-state index contributed by atoms with van der Waals surface area (Å²) in [6, 6.07) is 73.8. The Morgan fingerprint density at radius 2 is 0.914 bits per heavy atom. The zero-order chi connectivity index (χ0) is 38.2. The molecule has 58 heavy (non-hydrogen) atoms. The minimum Gasteiger partial charge on any atom is -0.309 e. The van der Waals surface area contributed by atoms with Gasteiger partial charge in [-0.1, -0.05) is 152 Å². The number of nitrogens with zero attached hydrogens (tertiary/aromatic N) is 4. The SMILES string of the molecule is c1ccc(-c2cccc(-c3nc(-n4c5ccccc5c5c6ccc(-c7ccc8c9ccccc9n(-c9ccccc9)c8c7)cc6ccc54)nc4ccccc34)c2)cc1. The predicted molar refractivity (Wildman–Crippen MR) is 242 cm³/mol. The third kappa shape index (κ3) is 5.02. The first kappa shape index (κ1) is 32.4. The fourth-order valence-corrected chi connectivity index (χ4v) is 9.06. The third-order valence-electron chi connectivity index (χ3n) is 11.7. The van der Waals surface area contributed by atoms with Crippen molar-refractivity contribution in [1.82, 2.24) is 19.1 Å². The Bertz CT molecular complexity index is 3560. The molecular formula is C54H34N4. The zero-order valence-electron chi connectivity index (χ0n) is 31.4. The Labute approximate surface area is 334 Å². The topological polar surface area (TPSA) is 35.6 Å². The highest BCUT2D eigenvalue weighted by Gasteiger charge is 2.20. The van der Waals surface area contributed by atoms with Crippen molar-refractivity contribution < 1.29 is 0 Å². The summed E-state index contributed by atoms with van der Waals surface area (Å²) in [6.45, 7) is 0. The molecule has 0 aliphatic rings. The van der Waals surface area contributed by atoms with Gasteiger partial charge in [-0.05, 0) is 87.6 Å². The summed E-state index contributed by atoms with van der Waals surface area (Å²) in [6.07, 6.45) is 0. The average Bonchev–Trinajstić information content (AvgIpc) is 3.82. The summed E-state index contributed by atoms with van der Waals surface area (Å²) >= 11 is 0. The molecule has 0 radical (unpaired) electrons. The van der Waals surface area contributed by atoms with E-state index in [0.29, 0.717) is 5.95 Å². The van der Waals surface area contributed by atoms with Crippen LogP contribution in [-0.2, 0) is 0 Å². The van der Waals surface area contributed by atoms with Crippen molar-refractivity contribution in [1.29, 1.82) is 0 Å². The van der Waals surface area contributed by atoms with E-state index in [9.17, 15) is 0 Å². The molecule has 12 rings (SSSR count). The van der Waals surface area contributed by atoms with E-state index in [1.165, 1.54) is 60.0 Å². The van der Waals surface area contributed by atoms with Gasteiger partial charge in [-0.15, -0.1) is 0 Å². The Balaban J connectivity index is 1.03. The van der Waals surface area contributed by atoms with Crippen molar-refractivity contribution in [3.8, 4) is 45.1 Å². The molecule has 4 nitrogen and oxygen atoms in total. The predicted octanol–water partition coefficient (Wildman–Crippen LogP) is 14.0. The molecule has 0 atom stereocenters. The lowest BCUT2D eigenvalue weighted by atomic mass is 9.97. The number of hydrogen-bond donors (Lipinski definition) is 0. The number of fused-ring (bicyclic) bond motifs is 9. The van der Waals surface area contributed by atoms with E-state index >= 15 is 0 Å². The molecule has 270 valence electrons. The van der Waals surface area contributed by atoms with Crippen molar-refractivity contribution in [3.05, 3.63) is 206 Å². The molecule has 0 fully saturated rings. The van der Waals surface area contributed by atoms with Crippen LogP contribution < -0.4 is 0 Å². The lowest BCUT2D eigenvalue weighted by Crippen LogP contribution is -2.03. The maximum absolute atomic E-state index is 5.40. The summed E-state index contributed by atoms with van der Waals surface area (Å²) < 4.78 is 4.62. The summed E-state index contributed by atoms with van der Waals surface area (Å²) in [5, 5.41) is 8.30. The van der Waals surface area contributed by atoms with Gasteiger partial charge in [-0.2, -0.15) is 0 Å². The second-order valence-electron chi connectivity index (χ2n) is 15.0. The van der Waals surface area contributed by atoms with E-state index in [-0.39, 0.29) is 0 Å². The van der Waals surface area contributed by atoms with Crippen LogP contribution in [0.1, 0.15) is 0 Å². The van der Waals surface area contributed by atoms with E-state index in [1.54, 1.807) is 0 Å². The van der Waals surface area contributed by atoms with Gasteiger partial charge in [0.25, 0.3) is 0 Å². The van der Waals surface area contributed by atoms with Crippen LogP contribution in [-0.4, -0.2) is 19.1 Å². The summed E-state index contributed by atoms with van der Waals surface area (Å²) in [7, 11) is 0. The minimum atomic E-state index is 0.656. The van der Waals surface area contributed by atoms with Crippen LogP contribution in [0, 0.1) is 0 Å². The van der Waals surface area contributed by atoms with Crippen LogP contribution in [0.3, 0.4) is 0 Å². The minimum absolute atomic E-state index is 0.656. The molecule has 9 aromatic carbocycles. The summed E-state index contributed by atoms with van der Waals surface area (Å²) in [4.78, 5) is 10.6. The van der Waals surface area contributed by atoms with Crippen molar-refractivity contribution in [2.75, 3.05) is 0 Å². The molecule has 0 aliphatic heterocycles. The van der Waals surface area contributed by atoms with Crippen LogP contribution >= 0.6 is 0 Å².